The van der Waals surface area contributed by atoms with Crippen LogP contribution in [-0.4, -0.2) is 33.8 Å². The standard InChI is InChI=1S/C7H18N2O2S/c1-3-5-8-6-7-9-12(10,11)4-2/h8-9H,3-7H2,1-2H3. The molecule has 0 bridgehead atoms. The van der Waals surface area contributed by atoms with Crippen molar-refractivity contribution in [3.8, 4) is 0 Å². The fourth-order valence-corrected chi connectivity index (χ4v) is 1.32. The molecule has 0 aliphatic heterocycles. The molecule has 5 heteroatoms. The predicted octanol–water partition coefficient (Wildman–Crippen LogP) is -0.0747. The Morgan fingerprint density at radius 1 is 1.08 bits per heavy atom. The minimum absolute atomic E-state index is 0.154. The third kappa shape index (κ3) is 6.57. The summed E-state index contributed by atoms with van der Waals surface area (Å²) in [6.45, 7) is 5.82. The lowest BCUT2D eigenvalue weighted by Crippen LogP contribution is -2.32. The summed E-state index contributed by atoms with van der Waals surface area (Å²) < 4.78 is 24.3. The molecule has 0 unspecified atom stereocenters. The van der Waals surface area contributed by atoms with Crippen LogP contribution in [0, 0.1) is 0 Å². The first-order valence-electron chi connectivity index (χ1n) is 4.30. The second kappa shape index (κ2) is 6.39. The van der Waals surface area contributed by atoms with Crippen LogP contribution in [0.25, 0.3) is 0 Å². The van der Waals surface area contributed by atoms with Crippen LogP contribution in [0.15, 0.2) is 0 Å². The summed E-state index contributed by atoms with van der Waals surface area (Å²) in [5.41, 5.74) is 0. The Hall–Kier alpha value is -0.130. The highest BCUT2D eigenvalue weighted by atomic mass is 32.2. The van der Waals surface area contributed by atoms with Crippen molar-refractivity contribution in [3.63, 3.8) is 0 Å². The molecule has 0 aromatic rings. The molecule has 0 amide bonds. The zero-order valence-electron chi connectivity index (χ0n) is 7.76. The highest BCUT2D eigenvalue weighted by Crippen LogP contribution is 1.79. The monoisotopic (exact) mass is 194 g/mol. The van der Waals surface area contributed by atoms with E-state index in [4.69, 9.17) is 0 Å². The van der Waals surface area contributed by atoms with E-state index in [9.17, 15) is 8.42 Å². The summed E-state index contributed by atoms with van der Waals surface area (Å²) in [6, 6.07) is 0. The minimum Gasteiger partial charge on any atom is -0.315 e. The van der Waals surface area contributed by atoms with Gasteiger partial charge >= 0.3 is 0 Å². The minimum atomic E-state index is -3.00. The lowest BCUT2D eigenvalue weighted by molar-refractivity contribution is 0.576. The van der Waals surface area contributed by atoms with Crippen LogP contribution < -0.4 is 10.0 Å². The van der Waals surface area contributed by atoms with Crippen LogP contribution >= 0.6 is 0 Å². The molecule has 0 aliphatic carbocycles. The van der Waals surface area contributed by atoms with Crippen LogP contribution in [0.4, 0.5) is 0 Å². The van der Waals surface area contributed by atoms with Gasteiger partial charge in [-0.05, 0) is 19.9 Å². The van der Waals surface area contributed by atoms with Gasteiger partial charge in [0.15, 0.2) is 0 Å². The van der Waals surface area contributed by atoms with Gasteiger partial charge in [0.2, 0.25) is 10.0 Å². The van der Waals surface area contributed by atoms with Crippen molar-refractivity contribution in [2.75, 3.05) is 25.4 Å². The summed E-state index contributed by atoms with van der Waals surface area (Å²) >= 11 is 0. The second-order valence-corrected chi connectivity index (χ2v) is 4.64. The fraction of sp³-hybridized carbons (Fsp3) is 1.00. The lowest BCUT2D eigenvalue weighted by atomic mass is 10.5. The summed E-state index contributed by atoms with van der Waals surface area (Å²) in [6.07, 6.45) is 1.07. The van der Waals surface area contributed by atoms with E-state index in [2.05, 4.69) is 17.0 Å². The van der Waals surface area contributed by atoms with Gasteiger partial charge in [0, 0.05) is 13.1 Å². The molecule has 0 radical (unpaired) electrons. The van der Waals surface area contributed by atoms with E-state index in [1.165, 1.54) is 0 Å². The molecule has 0 aromatic carbocycles. The van der Waals surface area contributed by atoms with E-state index in [-0.39, 0.29) is 5.75 Å². The number of hydrogen-bond acceptors (Lipinski definition) is 3. The Kier molecular flexibility index (Phi) is 6.32. The Labute approximate surface area is 74.8 Å². The van der Waals surface area contributed by atoms with E-state index in [0.717, 1.165) is 13.0 Å². The van der Waals surface area contributed by atoms with Gasteiger partial charge in [0.1, 0.15) is 0 Å². The van der Waals surface area contributed by atoms with Crippen molar-refractivity contribution in [2.24, 2.45) is 0 Å². The van der Waals surface area contributed by atoms with E-state index >= 15 is 0 Å². The van der Waals surface area contributed by atoms with Gasteiger partial charge in [-0.1, -0.05) is 6.92 Å². The molecule has 0 atom stereocenters. The number of sulfonamides is 1. The predicted molar refractivity (Wildman–Crippen MR) is 50.6 cm³/mol. The molecule has 74 valence electrons. The molecule has 0 heterocycles. The lowest BCUT2D eigenvalue weighted by Gasteiger charge is -2.04. The van der Waals surface area contributed by atoms with Crippen molar-refractivity contribution in [1.29, 1.82) is 0 Å². The van der Waals surface area contributed by atoms with Gasteiger partial charge < -0.3 is 5.32 Å². The van der Waals surface area contributed by atoms with Crippen LogP contribution in [0.3, 0.4) is 0 Å². The largest absolute Gasteiger partial charge is 0.315 e. The Morgan fingerprint density at radius 2 is 1.75 bits per heavy atom. The molecule has 0 saturated heterocycles. The molecule has 12 heavy (non-hydrogen) atoms. The SMILES string of the molecule is CCCNCCNS(=O)(=O)CC. The zero-order valence-corrected chi connectivity index (χ0v) is 8.58. The molecule has 0 aromatic heterocycles. The topological polar surface area (TPSA) is 58.2 Å². The molecular weight excluding hydrogens is 176 g/mol. The molecule has 2 N–H and O–H groups in total. The Morgan fingerprint density at radius 3 is 2.25 bits per heavy atom. The molecule has 0 aliphatic rings. The molecule has 0 fully saturated rings. The highest BCUT2D eigenvalue weighted by molar-refractivity contribution is 7.89. The van der Waals surface area contributed by atoms with Crippen molar-refractivity contribution >= 4 is 10.0 Å². The summed E-state index contributed by atoms with van der Waals surface area (Å²) in [5.74, 6) is 0.154. The van der Waals surface area contributed by atoms with Gasteiger partial charge in [-0.15, -0.1) is 0 Å². The van der Waals surface area contributed by atoms with Gasteiger partial charge in [-0.2, -0.15) is 0 Å². The number of rotatable bonds is 7. The average Bonchev–Trinajstić information content (AvgIpc) is 2.04. The van der Waals surface area contributed by atoms with Crippen LogP contribution in [-0.2, 0) is 10.0 Å². The second-order valence-electron chi connectivity index (χ2n) is 2.55. The maximum atomic E-state index is 10.9. The first-order chi connectivity index (χ1) is 5.62. The average molecular weight is 194 g/mol. The third-order valence-corrected chi connectivity index (χ3v) is 2.83. The van der Waals surface area contributed by atoms with Gasteiger partial charge in [-0.25, -0.2) is 13.1 Å². The molecule has 0 spiro atoms. The van der Waals surface area contributed by atoms with E-state index < -0.39 is 10.0 Å². The third-order valence-electron chi connectivity index (χ3n) is 1.43. The van der Waals surface area contributed by atoms with E-state index in [1.54, 1.807) is 6.92 Å². The highest BCUT2D eigenvalue weighted by Gasteiger charge is 2.03. The molecule has 0 saturated carbocycles. The first-order valence-corrected chi connectivity index (χ1v) is 5.95. The maximum absolute atomic E-state index is 10.9. The zero-order chi connectivity index (χ0) is 9.45. The first kappa shape index (κ1) is 11.9. The normalized spacial score (nSPS) is 11.8. The van der Waals surface area contributed by atoms with Gasteiger partial charge in [0.05, 0.1) is 5.75 Å². The maximum Gasteiger partial charge on any atom is 0.211 e. The smallest absolute Gasteiger partial charge is 0.211 e. The Balaban J connectivity index is 3.32. The summed E-state index contributed by atoms with van der Waals surface area (Å²) in [4.78, 5) is 0. The number of nitrogens with one attached hydrogen (secondary N) is 2. The van der Waals surface area contributed by atoms with Crippen molar-refractivity contribution < 1.29 is 8.42 Å². The molecular formula is C7H18N2O2S. The van der Waals surface area contributed by atoms with E-state index in [0.29, 0.717) is 13.1 Å². The Bertz CT molecular complexity index is 190. The van der Waals surface area contributed by atoms with Crippen molar-refractivity contribution in [3.05, 3.63) is 0 Å². The van der Waals surface area contributed by atoms with Crippen LogP contribution in [0.5, 0.6) is 0 Å². The number of hydrogen-bond donors (Lipinski definition) is 2. The summed E-state index contributed by atoms with van der Waals surface area (Å²) in [7, 11) is -3.00. The molecule has 0 rings (SSSR count). The van der Waals surface area contributed by atoms with Gasteiger partial charge in [0.25, 0.3) is 0 Å². The van der Waals surface area contributed by atoms with Crippen LogP contribution in [0.2, 0.25) is 0 Å². The van der Waals surface area contributed by atoms with Crippen molar-refractivity contribution in [1.82, 2.24) is 10.0 Å². The fourth-order valence-electron chi connectivity index (χ4n) is 0.699. The van der Waals surface area contributed by atoms with Crippen LogP contribution in [0.1, 0.15) is 20.3 Å². The quantitative estimate of drug-likeness (QED) is 0.558. The van der Waals surface area contributed by atoms with E-state index in [1.807, 2.05) is 0 Å². The summed E-state index contributed by atoms with van der Waals surface area (Å²) in [5, 5.41) is 3.10. The van der Waals surface area contributed by atoms with Crippen molar-refractivity contribution in [2.45, 2.75) is 20.3 Å². The molecule has 4 nitrogen and oxygen atoms in total. The van der Waals surface area contributed by atoms with Gasteiger partial charge in [-0.3, -0.25) is 0 Å².